The van der Waals surface area contributed by atoms with Gasteiger partial charge in [-0.1, -0.05) is 19.1 Å². The van der Waals surface area contributed by atoms with Crippen LogP contribution >= 0.6 is 0 Å². The molecule has 0 aliphatic carbocycles. The van der Waals surface area contributed by atoms with E-state index in [4.69, 9.17) is 0 Å². The van der Waals surface area contributed by atoms with E-state index >= 15 is 0 Å². The summed E-state index contributed by atoms with van der Waals surface area (Å²) in [7, 11) is 0. The second-order valence-electron chi connectivity index (χ2n) is 6.11. The summed E-state index contributed by atoms with van der Waals surface area (Å²) >= 11 is 0. The number of aromatic amines is 1. The molecule has 1 aliphatic heterocycles. The summed E-state index contributed by atoms with van der Waals surface area (Å²) in [6.07, 6.45) is 0.665. The highest BCUT2D eigenvalue weighted by Crippen LogP contribution is 2.20. The number of benzene rings is 1. The third kappa shape index (κ3) is 3.74. The molecule has 1 unspecified atom stereocenters. The number of nitrogens with zero attached hydrogens (tertiary/aromatic N) is 2. The number of carbonyl (C=O) groups is 2. The zero-order valence-electron chi connectivity index (χ0n) is 14.7. The maximum Gasteiger partial charge on any atom is 0.324 e. The Kier molecular flexibility index (Phi) is 5.01. The number of H-pyrrole nitrogens is 1. The third-order valence-electron chi connectivity index (χ3n) is 4.17. The molecule has 1 aromatic carbocycles. The van der Waals surface area contributed by atoms with Gasteiger partial charge in [0.25, 0.3) is 11.5 Å². The predicted molar refractivity (Wildman–Crippen MR) is 97.9 cm³/mol. The van der Waals surface area contributed by atoms with Crippen LogP contribution in [0.4, 0.5) is 10.5 Å². The number of hydrogen-bond acceptors (Lipinski definition) is 5. The number of anilines is 1. The molecule has 1 atom stereocenters. The van der Waals surface area contributed by atoms with Crippen LogP contribution in [0.5, 0.6) is 0 Å². The number of imide groups is 1. The molecule has 0 bridgehead atoms. The zero-order valence-corrected chi connectivity index (χ0v) is 14.7. The lowest BCUT2D eigenvalue weighted by atomic mass is 10.1. The quantitative estimate of drug-likeness (QED) is 0.750. The Balaban J connectivity index is 1.79. The Morgan fingerprint density at radius 3 is 2.85 bits per heavy atom. The van der Waals surface area contributed by atoms with Crippen LogP contribution in [0.15, 0.2) is 35.1 Å². The van der Waals surface area contributed by atoms with Crippen molar-refractivity contribution >= 4 is 17.6 Å². The van der Waals surface area contributed by atoms with E-state index in [2.05, 4.69) is 20.6 Å². The van der Waals surface area contributed by atoms with Crippen molar-refractivity contribution in [1.82, 2.24) is 20.2 Å². The Hall–Kier alpha value is -3.16. The molecular formula is C18H21N5O3. The smallest absolute Gasteiger partial charge is 0.324 e. The van der Waals surface area contributed by atoms with Crippen LogP contribution in [-0.2, 0) is 11.2 Å². The van der Waals surface area contributed by atoms with Gasteiger partial charge in [-0.15, -0.1) is 0 Å². The van der Waals surface area contributed by atoms with E-state index in [-0.39, 0.29) is 17.5 Å². The largest absolute Gasteiger partial charge is 0.374 e. The number of nitrogens with one attached hydrogen (secondary N) is 3. The summed E-state index contributed by atoms with van der Waals surface area (Å²) in [4.78, 5) is 44.2. The van der Waals surface area contributed by atoms with Crippen LogP contribution in [0.2, 0.25) is 0 Å². The highest BCUT2D eigenvalue weighted by molar-refractivity contribution is 5.99. The molecule has 0 spiro atoms. The second-order valence-corrected chi connectivity index (χ2v) is 6.11. The molecule has 0 radical (unpaired) electrons. The number of hydrogen-bond donors (Lipinski definition) is 3. The molecule has 1 aliphatic rings. The summed E-state index contributed by atoms with van der Waals surface area (Å²) in [5.41, 5.74) is 1.95. The highest BCUT2D eigenvalue weighted by Gasteiger charge is 2.29. The topological polar surface area (TPSA) is 107 Å². The fourth-order valence-corrected chi connectivity index (χ4v) is 2.81. The molecule has 8 nitrogen and oxygen atoms in total. The van der Waals surface area contributed by atoms with Gasteiger partial charge in [0, 0.05) is 36.1 Å². The number of rotatable bonds is 5. The molecule has 3 rings (SSSR count). The van der Waals surface area contributed by atoms with E-state index in [9.17, 15) is 14.4 Å². The first-order chi connectivity index (χ1) is 12.5. The SMILES string of the molecule is CCc1cc(=O)[nH]c(-c2cccc(NC(C)C(=O)N3CCNC3=O)c2)n1. The van der Waals surface area contributed by atoms with E-state index in [0.717, 1.165) is 5.56 Å². The lowest BCUT2D eigenvalue weighted by Crippen LogP contribution is -2.43. The number of aromatic nitrogens is 2. The van der Waals surface area contributed by atoms with Crippen LogP contribution < -0.4 is 16.2 Å². The van der Waals surface area contributed by atoms with Crippen molar-refractivity contribution in [1.29, 1.82) is 0 Å². The van der Waals surface area contributed by atoms with Crippen molar-refractivity contribution in [2.24, 2.45) is 0 Å². The minimum Gasteiger partial charge on any atom is -0.374 e. The average molecular weight is 355 g/mol. The van der Waals surface area contributed by atoms with Gasteiger partial charge in [-0.05, 0) is 25.5 Å². The first-order valence-electron chi connectivity index (χ1n) is 8.54. The minimum absolute atomic E-state index is 0.200. The first kappa shape index (κ1) is 17.7. The van der Waals surface area contributed by atoms with Gasteiger partial charge in [0.1, 0.15) is 11.9 Å². The van der Waals surface area contributed by atoms with Crippen LogP contribution in [0.25, 0.3) is 11.4 Å². The van der Waals surface area contributed by atoms with Crippen molar-refractivity contribution in [3.63, 3.8) is 0 Å². The number of amides is 3. The van der Waals surface area contributed by atoms with Gasteiger partial charge in [0.15, 0.2) is 0 Å². The third-order valence-corrected chi connectivity index (χ3v) is 4.17. The van der Waals surface area contributed by atoms with Crippen LogP contribution in [0.1, 0.15) is 19.5 Å². The van der Waals surface area contributed by atoms with Gasteiger partial charge in [-0.3, -0.25) is 14.5 Å². The summed E-state index contributed by atoms with van der Waals surface area (Å²) in [6.45, 7) is 4.49. The van der Waals surface area contributed by atoms with Crippen molar-refractivity contribution in [2.75, 3.05) is 18.4 Å². The fourth-order valence-electron chi connectivity index (χ4n) is 2.81. The van der Waals surface area contributed by atoms with E-state index in [1.54, 1.807) is 6.92 Å². The summed E-state index contributed by atoms with van der Waals surface area (Å²) in [5, 5.41) is 5.71. The molecule has 1 saturated heterocycles. The molecule has 2 aromatic rings. The number of carbonyl (C=O) groups excluding carboxylic acids is 2. The van der Waals surface area contributed by atoms with Crippen LogP contribution in [-0.4, -0.2) is 45.9 Å². The maximum atomic E-state index is 12.4. The fraction of sp³-hybridized carbons (Fsp3) is 0.333. The summed E-state index contributed by atoms with van der Waals surface area (Å²) < 4.78 is 0. The average Bonchev–Trinajstić information content (AvgIpc) is 3.06. The second kappa shape index (κ2) is 7.38. The Labute approximate surface area is 150 Å². The van der Waals surface area contributed by atoms with Gasteiger partial charge < -0.3 is 15.6 Å². The van der Waals surface area contributed by atoms with Crippen molar-refractivity contribution < 1.29 is 9.59 Å². The van der Waals surface area contributed by atoms with Crippen molar-refractivity contribution in [3.05, 3.63) is 46.4 Å². The normalized spacial score (nSPS) is 14.8. The first-order valence-corrected chi connectivity index (χ1v) is 8.54. The van der Waals surface area contributed by atoms with Gasteiger partial charge in [-0.25, -0.2) is 9.78 Å². The van der Waals surface area contributed by atoms with Gasteiger partial charge in [0.05, 0.1) is 0 Å². The Morgan fingerprint density at radius 2 is 2.15 bits per heavy atom. The number of aryl methyl sites for hydroxylation is 1. The predicted octanol–water partition coefficient (Wildman–Crippen LogP) is 1.35. The highest BCUT2D eigenvalue weighted by atomic mass is 16.2. The Morgan fingerprint density at radius 1 is 1.35 bits per heavy atom. The molecule has 26 heavy (non-hydrogen) atoms. The van der Waals surface area contributed by atoms with Gasteiger partial charge >= 0.3 is 6.03 Å². The molecular weight excluding hydrogens is 334 g/mol. The molecule has 0 saturated carbocycles. The molecule has 3 amide bonds. The van der Waals surface area contributed by atoms with Gasteiger partial charge in [-0.2, -0.15) is 0 Å². The molecule has 2 heterocycles. The monoisotopic (exact) mass is 355 g/mol. The maximum absolute atomic E-state index is 12.4. The van der Waals surface area contributed by atoms with E-state index in [1.165, 1.54) is 11.0 Å². The van der Waals surface area contributed by atoms with Crippen LogP contribution in [0.3, 0.4) is 0 Å². The minimum atomic E-state index is -0.567. The van der Waals surface area contributed by atoms with E-state index in [1.807, 2.05) is 31.2 Å². The number of urea groups is 1. The molecule has 3 N–H and O–H groups in total. The standard InChI is InChI=1S/C18H21N5O3/c1-3-13-10-15(24)22-16(21-13)12-5-4-6-14(9-12)20-11(2)17(25)23-8-7-19-18(23)26/h4-6,9-11,20H,3,7-8H2,1-2H3,(H,19,26)(H,21,22,24). The molecule has 1 fully saturated rings. The lowest BCUT2D eigenvalue weighted by Gasteiger charge is -2.20. The Bertz CT molecular complexity index is 892. The van der Waals surface area contributed by atoms with Crippen LogP contribution in [0, 0.1) is 0 Å². The molecule has 136 valence electrons. The van der Waals surface area contributed by atoms with E-state index in [0.29, 0.717) is 36.7 Å². The lowest BCUT2D eigenvalue weighted by molar-refractivity contribution is -0.128. The summed E-state index contributed by atoms with van der Waals surface area (Å²) in [5.74, 6) is 0.195. The molecule has 1 aromatic heterocycles. The van der Waals surface area contributed by atoms with E-state index < -0.39 is 6.04 Å². The van der Waals surface area contributed by atoms with Crippen molar-refractivity contribution in [3.8, 4) is 11.4 Å². The summed E-state index contributed by atoms with van der Waals surface area (Å²) in [6, 6.07) is 7.83. The van der Waals surface area contributed by atoms with Crippen molar-refractivity contribution in [2.45, 2.75) is 26.3 Å². The van der Waals surface area contributed by atoms with Gasteiger partial charge in [0.2, 0.25) is 0 Å². The zero-order chi connectivity index (χ0) is 18.7. The molecule has 8 heteroatoms.